The van der Waals surface area contributed by atoms with Crippen molar-refractivity contribution in [2.24, 2.45) is 0 Å². The van der Waals surface area contributed by atoms with Crippen LogP contribution in [-0.2, 0) is 6.42 Å². The van der Waals surface area contributed by atoms with Gasteiger partial charge in [-0.05, 0) is 30.2 Å². The molecule has 0 unspecified atom stereocenters. The third kappa shape index (κ3) is 2.57. The maximum atomic E-state index is 10.7. The second-order valence-corrected chi connectivity index (χ2v) is 3.62. The number of hydrogen-bond donors (Lipinski definition) is 1. The summed E-state index contributed by atoms with van der Waals surface area (Å²) < 4.78 is 0.845. The average Bonchev–Trinajstić information content (AvgIpc) is 2.16. The Balaban J connectivity index is 2.97. The average molecular weight is 254 g/mol. The monoisotopic (exact) mass is 253 g/mol. The number of aryl methyl sites for hydroxylation is 1. The molecule has 0 atom stereocenters. The molecule has 0 aliphatic rings. The van der Waals surface area contributed by atoms with Gasteiger partial charge in [0, 0.05) is 10.9 Å². The lowest BCUT2D eigenvalue weighted by atomic mass is 10.1. The lowest BCUT2D eigenvalue weighted by Gasteiger charge is -2.02. The number of benzene rings is 1. The summed E-state index contributed by atoms with van der Waals surface area (Å²) in [6, 6.07) is 6.83. The molecular formula is C10H8BrNO2. The molecule has 0 amide bonds. The molecule has 0 saturated heterocycles. The Morgan fingerprint density at radius 2 is 2.29 bits per heavy atom. The van der Waals surface area contributed by atoms with Gasteiger partial charge in [0.25, 0.3) is 0 Å². The van der Waals surface area contributed by atoms with Crippen molar-refractivity contribution in [2.75, 3.05) is 0 Å². The Morgan fingerprint density at radius 1 is 1.57 bits per heavy atom. The third-order valence-corrected chi connectivity index (χ3v) is 2.57. The molecule has 0 spiro atoms. The summed E-state index contributed by atoms with van der Waals surface area (Å²) in [6.07, 6.45) is 0.958. The third-order valence-electron chi connectivity index (χ3n) is 1.80. The number of carbonyl (C=O) groups is 1. The summed E-state index contributed by atoms with van der Waals surface area (Å²) in [4.78, 5) is 10.7. The zero-order chi connectivity index (χ0) is 10.6. The van der Waals surface area contributed by atoms with E-state index in [1.54, 1.807) is 12.1 Å². The first-order chi connectivity index (χ1) is 6.65. The predicted molar refractivity (Wildman–Crippen MR) is 55.0 cm³/mol. The van der Waals surface area contributed by atoms with Gasteiger partial charge in [-0.15, -0.1) is 0 Å². The number of aromatic carboxylic acids is 1. The fourth-order valence-corrected chi connectivity index (χ4v) is 1.53. The van der Waals surface area contributed by atoms with Gasteiger partial charge in [0.2, 0.25) is 0 Å². The van der Waals surface area contributed by atoms with E-state index in [0.29, 0.717) is 12.8 Å². The Labute approximate surface area is 90.1 Å². The Kier molecular flexibility index (Phi) is 3.66. The zero-order valence-electron chi connectivity index (χ0n) is 7.33. The van der Waals surface area contributed by atoms with Crippen molar-refractivity contribution in [3.05, 3.63) is 33.8 Å². The fraction of sp³-hybridized carbons (Fsp3) is 0.200. The van der Waals surface area contributed by atoms with Crippen LogP contribution in [0.3, 0.4) is 0 Å². The summed E-state index contributed by atoms with van der Waals surface area (Å²) in [5.41, 5.74) is 1.10. The van der Waals surface area contributed by atoms with E-state index in [1.165, 1.54) is 6.07 Å². The number of carboxylic acids is 1. The van der Waals surface area contributed by atoms with E-state index >= 15 is 0 Å². The number of halogens is 1. The molecule has 1 rings (SSSR count). The maximum absolute atomic E-state index is 10.7. The largest absolute Gasteiger partial charge is 0.478 e. The van der Waals surface area contributed by atoms with Crippen LogP contribution in [0.1, 0.15) is 22.3 Å². The van der Waals surface area contributed by atoms with E-state index in [1.807, 2.05) is 6.07 Å². The number of rotatable bonds is 3. The number of nitrogens with zero attached hydrogens (tertiary/aromatic N) is 1. The molecule has 14 heavy (non-hydrogen) atoms. The van der Waals surface area contributed by atoms with Crippen molar-refractivity contribution in [2.45, 2.75) is 12.8 Å². The van der Waals surface area contributed by atoms with E-state index in [4.69, 9.17) is 10.4 Å². The molecule has 3 nitrogen and oxygen atoms in total. The van der Waals surface area contributed by atoms with E-state index in [0.717, 1.165) is 10.0 Å². The predicted octanol–water partition coefficient (Wildman–Crippen LogP) is 2.60. The van der Waals surface area contributed by atoms with Gasteiger partial charge in [-0.2, -0.15) is 5.26 Å². The summed E-state index contributed by atoms with van der Waals surface area (Å²) in [7, 11) is 0. The van der Waals surface area contributed by atoms with Crippen LogP contribution in [0.5, 0.6) is 0 Å². The smallest absolute Gasteiger partial charge is 0.335 e. The highest BCUT2D eigenvalue weighted by molar-refractivity contribution is 9.10. The molecule has 0 aliphatic heterocycles. The number of hydrogen-bond acceptors (Lipinski definition) is 2. The molecular weight excluding hydrogens is 246 g/mol. The standard InChI is InChI=1S/C10H8BrNO2/c11-9-4-3-8(10(13)14)6-7(9)2-1-5-12/h3-4,6H,1-2H2,(H,13,14). The van der Waals surface area contributed by atoms with Crippen LogP contribution in [0.15, 0.2) is 22.7 Å². The van der Waals surface area contributed by atoms with Gasteiger partial charge < -0.3 is 5.11 Å². The van der Waals surface area contributed by atoms with E-state index < -0.39 is 5.97 Å². The topological polar surface area (TPSA) is 61.1 Å². The maximum Gasteiger partial charge on any atom is 0.335 e. The van der Waals surface area contributed by atoms with Gasteiger partial charge >= 0.3 is 5.97 Å². The molecule has 0 fully saturated rings. The quantitative estimate of drug-likeness (QED) is 0.901. The molecule has 0 aliphatic carbocycles. The molecule has 0 heterocycles. The normalized spacial score (nSPS) is 9.43. The molecule has 0 aromatic heterocycles. The van der Waals surface area contributed by atoms with Crippen LogP contribution in [0.2, 0.25) is 0 Å². The van der Waals surface area contributed by atoms with Gasteiger partial charge in [0.15, 0.2) is 0 Å². The van der Waals surface area contributed by atoms with Crippen molar-refractivity contribution in [1.82, 2.24) is 0 Å². The van der Waals surface area contributed by atoms with Crippen LogP contribution in [0, 0.1) is 11.3 Å². The molecule has 1 aromatic rings. The van der Waals surface area contributed by atoms with Crippen LogP contribution in [0.25, 0.3) is 0 Å². The van der Waals surface area contributed by atoms with Gasteiger partial charge in [-0.25, -0.2) is 4.79 Å². The van der Waals surface area contributed by atoms with Gasteiger partial charge in [-0.3, -0.25) is 0 Å². The minimum absolute atomic E-state index is 0.251. The molecule has 4 heteroatoms. The zero-order valence-corrected chi connectivity index (χ0v) is 8.91. The summed E-state index contributed by atoms with van der Waals surface area (Å²) >= 11 is 3.31. The highest BCUT2D eigenvalue weighted by atomic mass is 79.9. The second-order valence-electron chi connectivity index (χ2n) is 2.77. The van der Waals surface area contributed by atoms with Crippen LogP contribution in [0.4, 0.5) is 0 Å². The van der Waals surface area contributed by atoms with Crippen molar-refractivity contribution in [3.8, 4) is 6.07 Å². The first kappa shape index (κ1) is 10.7. The Bertz CT molecular complexity index is 396. The molecule has 0 radical (unpaired) electrons. The SMILES string of the molecule is N#CCCc1cc(C(=O)O)ccc1Br. The Morgan fingerprint density at radius 3 is 2.86 bits per heavy atom. The lowest BCUT2D eigenvalue weighted by molar-refractivity contribution is 0.0696. The minimum Gasteiger partial charge on any atom is -0.478 e. The van der Waals surface area contributed by atoms with E-state index in [9.17, 15) is 4.79 Å². The van der Waals surface area contributed by atoms with Crippen molar-refractivity contribution in [1.29, 1.82) is 5.26 Å². The van der Waals surface area contributed by atoms with Gasteiger partial charge in [-0.1, -0.05) is 15.9 Å². The molecule has 72 valence electrons. The lowest BCUT2D eigenvalue weighted by Crippen LogP contribution is -1.98. The summed E-state index contributed by atoms with van der Waals surface area (Å²) in [6.45, 7) is 0. The first-order valence-electron chi connectivity index (χ1n) is 4.04. The molecule has 0 saturated carbocycles. The molecule has 1 N–H and O–H groups in total. The highest BCUT2D eigenvalue weighted by Gasteiger charge is 2.06. The fourth-order valence-electron chi connectivity index (χ4n) is 1.09. The van der Waals surface area contributed by atoms with Crippen molar-refractivity contribution < 1.29 is 9.90 Å². The van der Waals surface area contributed by atoms with E-state index in [-0.39, 0.29) is 5.56 Å². The minimum atomic E-state index is -0.948. The number of carboxylic acid groups (broad SMARTS) is 1. The Hall–Kier alpha value is -1.34. The molecule has 0 bridgehead atoms. The van der Waals surface area contributed by atoms with Crippen LogP contribution >= 0.6 is 15.9 Å². The summed E-state index contributed by atoms with van der Waals surface area (Å²) in [5, 5.41) is 17.2. The van der Waals surface area contributed by atoms with Gasteiger partial charge in [0.1, 0.15) is 0 Å². The summed E-state index contributed by atoms with van der Waals surface area (Å²) in [5.74, 6) is -0.948. The first-order valence-corrected chi connectivity index (χ1v) is 4.83. The molecule has 1 aromatic carbocycles. The number of nitriles is 1. The highest BCUT2D eigenvalue weighted by Crippen LogP contribution is 2.19. The van der Waals surface area contributed by atoms with Crippen LogP contribution < -0.4 is 0 Å². The second kappa shape index (κ2) is 4.77. The van der Waals surface area contributed by atoms with Crippen LogP contribution in [-0.4, -0.2) is 11.1 Å². The van der Waals surface area contributed by atoms with Crippen molar-refractivity contribution in [3.63, 3.8) is 0 Å². The van der Waals surface area contributed by atoms with E-state index in [2.05, 4.69) is 15.9 Å². The van der Waals surface area contributed by atoms with Gasteiger partial charge in [0.05, 0.1) is 11.6 Å². The van der Waals surface area contributed by atoms with Crippen molar-refractivity contribution >= 4 is 21.9 Å².